The molecule has 1 aromatic rings. The molecule has 1 aromatic carbocycles. The highest BCUT2D eigenvalue weighted by Gasteiger charge is 2.16. The lowest BCUT2D eigenvalue weighted by Gasteiger charge is -2.19. The molecule has 0 spiro atoms. The molecule has 0 unspecified atom stereocenters. The highest BCUT2D eigenvalue weighted by atomic mass is 16.7. The Hall–Kier alpha value is -1.43. The van der Waals surface area contributed by atoms with Crippen LogP contribution in [0.1, 0.15) is 19.4 Å². The number of carbonyl (C=O) groups is 1. The van der Waals surface area contributed by atoms with Crippen LogP contribution in [0.4, 0.5) is 0 Å². The standard InChI is InChI=1S/C15H24N2O3/c1-3-19-14(20-4-2)11-17-15(18)13(16)10-12-8-6-5-7-9-12/h5-9,13-14H,3-4,10-11,16H2,1-2H3,(H,17,18)/t13-/m1/s1. The lowest BCUT2D eigenvalue weighted by Crippen LogP contribution is -2.45. The number of ether oxygens (including phenoxy) is 2. The minimum Gasteiger partial charge on any atom is -0.351 e. The van der Waals surface area contributed by atoms with Crippen LogP contribution in [0, 0.1) is 0 Å². The van der Waals surface area contributed by atoms with Gasteiger partial charge in [-0.15, -0.1) is 0 Å². The van der Waals surface area contributed by atoms with Crippen LogP contribution in [0.5, 0.6) is 0 Å². The maximum atomic E-state index is 11.9. The zero-order valence-corrected chi connectivity index (χ0v) is 12.2. The smallest absolute Gasteiger partial charge is 0.237 e. The Morgan fingerprint density at radius 3 is 2.35 bits per heavy atom. The average Bonchev–Trinajstić information content (AvgIpc) is 2.46. The van der Waals surface area contributed by atoms with Crippen molar-refractivity contribution in [1.82, 2.24) is 5.32 Å². The molecular formula is C15H24N2O3. The molecule has 0 saturated carbocycles. The quantitative estimate of drug-likeness (QED) is 0.664. The van der Waals surface area contributed by atoms with Gasteiger partial charge in [0.25, 0.3) is 0 Å². The minimum absolute atomic E-state index is 0.196. The first-order valence-corrected chi connectivity index (χ1v) is 6.97. The Balaban J connectivity index is 2.37. The van der Waals surface area contributed by atoms with Crippen LogP contribution in [-0.2, 0) is 20.7 Å². The molecule has 1 amide bonds. The Morgan fingerprint density at radius 2 is 1.80 bits per heavy atom. The fraction of sp³-hybridized carbons (Fsp3) is 0.533. The molecule has 112 valence electrons. The predicted molar refractivity (Wildman–Crippen MR) is 78.2 cm³/mol. The van der Waals surface area contributed by atoms with Crippen molar-refractivity contribution in [1.29, 1.82) is 0 Å². The summed E-state index contributed by atoms with van der Waals surface area (Å²) in [6.07, 6.45) is 0.0959. The lowest BCUT2D eigenvalue weighted by molar-refractivity contribution is -0.141. The van der Waals surface area contributed by atoms with Gasteiger partial charge in [0.2, 0.25) is 5.91 Å². The van der Waals surface area contributed by atoms with Crippen LogP contribution in [0.15, 0.2) is 30.3 Å². The van der Waals surface area contributed by atoms with E-state index in [2.05, 4.69) is 5.32 Å². The maximum absolute atomic E-state index is 11.9. The third-order valence-electron chi connectivity index (χ3n) is 2.78. The number of amides is 1. The normalized spacial score (nSPS) is 12.4. The fourth-order valence-corrected chi connectivity index (χ4v) is 1.81. The predicted octanol–water partition coefficient (Wildman–Crippen LogP) is 1.07. The Morgan fingerprint density at radius 1 is 1.20 bits per heavy atom. The third-order valence-corrected chi connectivity index (χ3v) is 2.78. The fourth-order valence-electron chi connectivity index (χ4n) is 1.81. The van der Waals surface area contributed by atoms with E-state index in [1.165, 1.54) is 0 Å². The van der Waals surface area contributed by atoms with E-state index in [0.717, 1.165) is 5.56 Å². The van der Waals surface area contributed by atoms with E-state index in [1.54, 1.807) is 0 Å². The van der Waals surface area contributed by atoms with Crippen LogP contribution < -0.4 is 11.1 Å². The van der Waals surface area contributed by atoms with Gasteiger partial charge in [0.15, 0.2) is 6.29 Å². The second-order valence-electron chi connectivity index (χ2n) is 4.38. The maximum Gasteiger partial charge on any atom is 0.237 e. The van der Waals surface area contributed by atoms with Gasteiger partial charge >= 0.3 is 0 Å². The van der Waals surface area contributed by atoms with E-state index in [4.69, 9.17) is 15.2 Å². The van der Waals surface area contributed by atoms with Gasteiger partial charge in [-0.3, -0.25) is 4.79 Å². The van der Waals surface area contributed by atoms with E-state index >= 15 is 0 Å². The van der Waals surface area contributed by atoms with Crippen LogP contribution in [0.2, 0.25) is 0 Å². The van der Waals surface area contributed by atoms with Gasteiger partial charge in [0, 0.05) is 13.2 Å². The van der Waals surface area contributed by atoms with Crippen molar-refractivity contribution in [2.75, 3.05) is 19.8 Å². The molecule has 0 saturated heterocycles. The molecule has 0 aliphatic carbocycles. The average molecular weight is 280 g/mol. The van der Waals surface area contributed by atoms with Gasteiger partial charge in [-0.25, -0.2) is 0 Å². The van der Waals surface area contributed by atoms with Gasteiger partial charge in [-0.2, -0.15) is 0 Å². The molecule has 3 N–H and O–H groups in total. The molecule has 5 nitrogen and oxygen atoms in total. The van der Waals surface area contributed by atoms with Crippen molar-refractivity contribution in [3.63, 3.8) is 0 Å². The number of hydrogen-bond donors (Lipinski definition) is 2. The van der Waals surface area contributed by atoms with Crippen molar-refractivity contribution in [2.24, 2.45) is 5.73 Å². The van der Waals surface area contributed by atoms with Gasteiger partial charge < -0.3 is 20.5 Å². The second kappa shape index (κ2) is 9.47. The first-order chi connectivity index (χ1) is 9.67. The summed E-state index contributed by atoms with van der Waals surface area (Å²) in [5.74, 6) is -0.196. The van der Waals surface area contributed by atoms with Crippen LogP contribution in [0.3, 0.4) is 0 Å². The molecular weight excluding hydrogens is 256 g/mol. The molecule has 20 heavy (non-hydrogen) atoms. The van der Waals surface area contributed by atoms with Crippen LogP contribution >= 0.6 is 0 Å². The molecule has 0 aliphatic heterocycles. The van der Waals surface area contributed by atoms with Crippen molar-refractivity contribution in [3.8, 4) is 0 Å². The topological polar surface area (TPSA) is 73.6 Å². The summed E-state index contributed by atoms with van der Waals surface area (Å²) < 4.78 is 10.7. The van der Waals surface area contributed by atoms with E-state index in [1.807, 2.05) is 44.2 Å². The highest BCUT2D eigenvalue weighted by Crippen LogP contribution is 2.02. The van der Waals surface area contributed by atoms with Crippen molar-refractivity contribution in [2.45, 2.75) is 32.6 Å². The Bertz CT molecular complexity index is 378. The summed E-state index contributed by atoms with van der Waals surface area (Å²) in [4.78, 5) is 11.9. The molecule has 0 fully saturated rings. The summed E-state index contributed by atoms with van der Waals surface area (Å²) in [7, 11) is 0. The van der Waals surface area contributed by atoms with Gasteiger partial charge in [-0.1, -0.05) is 30.3 Å². The molecule has 0 aromatic heterocycles. The molecule has 0 aliphatic rings. The van der Waals surface area contributed by atoms with Crippen molar-refractivity contribution >= 4 is 5.91 Å². The van der Waals surface area contributed by atoms with Gasteiger partial charge in [-0.05, 0) is 25.8 Å². The lowest BCUT2D eigenvalue weighted by atomic mass is 10.1. The summed E-state index contributed by atoms with van der Waals surface area (Å²) in [5, 5.41) is 2.76. The van der Waals surface area contributed by atoms with Crippen LogP contribution in [-0.4, -0.2) is 38.0 Å². The summed E-state index contributed by atoms with van der Waals surface area (Å²) >= 11 is 0. The van der Waals surface area contributed by atoms with E-state index < -0.39 is 12.3 Å². The van der Waals surface area contributed by atoms with E-state index in [-0.39, 0.29) is 5.91 Å². The molecule has 0 heterocycles. The first kappa shape index (κ1) is 16.6. The van der Waals surface area contributed by atoms with Gasteiger partial charge in [0.1, 0.15) is 0 Å². The van der Waals surface area contributed by atoms with Gasteiger partial charge in [0.05, 0.1) is 12.6 Å². The zero-order valence-electron chi connectivity index (χ0n) is 12.2. The number of benzene rings is 1. The highest BCUT2D eigenvalue weighted by molar-refractivity contribution is 5.81. The minimum atomic E-state index is -0.568. The second-order valence-corrected chi connectivity index (χ2v) is 4.38. The Kier molecular flexibility index (Phi) is 7.87. The summed E-state index contributed by atoms with van der Waals surface area (Å²) in [6, 6.07) is 9.14. The number of hydrogen-bond acceptors (Lipinski definition) is 4. The number of nitrogens with one attached hydrogen (secondary N) is 1. The van der Waals surface area contributed by atoms with E-state index in [0.29, 0.717) is 26.2 Å². The van der Waals surface area contributed by atoms with Crippen LogP contribution in [0.25, 0.3) is 0 Å². The molecule has 0 radical (unpaired) electrons. The first-order valence-electron chi connectivity index (χ1n) is 6.97. The zero-order chi connectivity index (χ0) is 14.8. The largest absolute Gasteiger partial charge is 0.351 e. The molecule has 1 rings (SSSR count). The monoisotopic (exact) mass is 280 g/mol. The summed E-state index contributed by atoms with van der Waals surface area (Å²) in [5.41, 5.74) is 6.93. The number of carbonyl (C=O) groups excluding carboxylic acids is 1. The van der Waals surface area contributed by atoms with Crippen molar-refractivity contribution in [3.05, 3.63) is 35.9 Å². The summed E-state index contributed by atoms with van der Waals surface area (Å²) in [6.45, 7) is 5.15. The molecule has 1 atom stereocenters. The number of rotatable bonds is 9. The van der Waals surface area contributed by atoms with E-state index in [9.17, 15) is 4.79 Å². The number of nitrogens with two attached hydrogens (primary N) is 1. The SMILES string of the molecule is CCOC(CNC(=O)[C@H](N)Cc1ccccc1)OCC. The molecule has 0 bridgehead atoms. The third kappa shape index (κ3) is 6.14. The molecule has 5 heteroatoms. The Labute approximate surface area is 120 Å². The van der Waals surface area contributed by atoms with Crippen molar-refractivity contribution < 1.29 is 14.3 Å².